The first kappa shape index (κ1) is 14.4. The maximum Gasteiger partial charge on any atom is 0.188 e. The van der Waals surface area contributed by atoms with Crippen LogP contribution in [0.4, 0.5) is 10.8 Å². The zero-order chi connectivity index (χ0) is 15.0. The van der Waals surface area contributed by atoms with E-state index in [1.807, 2.05) is 18.2 Å². The van der Waals surface area contributed by atoms with Crippen molar-refractivity contribution < 1.29 is 4.74 Å². The smallest absolute Gasteiger partial charge is 0.188 e. The van der Waals surface area contributed by atoms with Crippen molar-refractivity contribution in [2.45, 2.75) is 13.8 Å². The number of aromatic nitrogens is 1. The van der Waals surface area contributed by atoms with E-state index in [0.717, 1.165) is 31.3 Å². The lowest BCUT2D eigenvalue weighted by Crippen LogP contribution is -1.95. The van der Waals surface area contributed by atoms with E-state index in [9.17, 15) is 0 Å². The maximum absolute atomic E-state index is 5.25. The van der Waals surface area contributed by atoms with Gasteiger partial charge in [0.05, 0.1) is 17.3 Å². The third kappa shape index (κ3) is 2.89. The van der Waals surface area contributed by atoms with Gasteiger partial charge < -0.3 is 10.1 Å². The molecule has 0 saturated heterocycles. The van der Waals surface area contributed by atoms with Crippen molar-refractivity contribution in [2.24, 2.45) is 0 Å². The predicted octanol–water partition coefficient (Wildman–Crippen LogP) is 5.43. The van der Waals surface area contributed by atoms with E-state index in [0.29, 0.717) is 0 Å². The van der Waals surface area contributed by atoms with E-state index in [1.165, 1.54) is 11.1 Å². The highest BCUT2D eigenvalue weighted by atomic mass is 79.9. The number of nitrogens with one attached hydrogen (secondary N) is 1. The van der Waals surface area contributed by atoms with Gasteiger partial charge in [-0.1, -0.05) is 27.3 Å². The fourth-order valence-corrected chi connectivity index (χ4v) is 3.89. The molecule has 0 aliphatic carbocycles. The number of benzene rings is 2. The zero-order valence-electron chi connectivity index (χ0n) is 12.0. The highest BCUT2D eigenvalue weighted by Gasteiger charge is 2.09. The molecule has 0 spiro atoms. The second-order valence-corrected chi connectivity index (χ2v) is 6.84. The van der Waals surface area contributed by atoms with Crippen LogP contribution in [0.5, 0.6) is 5.75 Å². The van der Waals surface area contributed by atoms with Gasteiger partial charge in [0.25, 0.3) is 0 Å². The maximum atomic E-state index is 5.25. The summed E-state index contributed by atoms with van der Waals surface area (Å²) in [6.07, 6.45) is 0. The topological polar surface area (TPSA) is 34.1 Å². The third-order valence-corrected chi connectivity index (χ3v) is 4.72. The number of hydrogen-bond donors (Lipinski definition) is 1. The molecule has 21 heavy (non-hydrogen) atoms. The van der Waals surface area contributed by atoms with Gasteiger partial charge in [0.1, 0.15) is 5.75 Å². The van der Waals surface area contributed by atoms with Crippen molar-refractivity contribution in [3.05, 3.63) is 45.9 Å². The molecule has 0 unspecified atom stereocenters. The summed E-state index contributed by atoms with van der Waals surface area (Å²) in [6, 6.07) is 10.1. The van der Waals surface area contributed by atoms with Crippen molar-refractivity contribution >= 4 is 48.3 Å². The second kappa shape index (κ2) is 5.66. The number of rotatable bonds is 3. The molecule has 1 N–H and O–H groups in total. The SMILES string of the molecule is COc1ccc2nc(Nc3c(C)cc(Br)cc3C)sc2c1. The molecule has 1 heterocycles. The van der Waals surface area contributed by atoms with Crippen molar-refractivity contribution in [2.75, 3.05) is 12.4 Å². The molecular formula is C16H15BrN2OS. The van der Waals surface area contributed by atoms with Gasteiger partial charge in [0, 0.05) is 10.2 Å². The number of ether oxygens (including phenoxy) is 1. The molecule has 3 nitrogen and oxygen atoms in total. The first-order valence-corrected chi connectivity index (χ1v) is 8.16. The van der Waals surface area contributed by atoms with Gasteiger partial charge in [-0.3, -0.25) is 0 Å². The minimum atomic E-state index is 0.855. The number of anilines is 2. The van der Waals surface area contributed by atoms with Crippen LogP contribution >= 0.6 is 27.3 Å². The Hall–Kier alpha value is -1.59. The highest BCUT2D eigenvalue weighted by molar-refractivity contribution is 9.10. The first-order valence-electron chi connectivity index (χ1n) is 6.55. The second-order valence-electron chi connectivity index (χ2n) is 4.89. The fourth-order valence-electron chi connectivity index (χ4n) is 2.30. The van der Waals surface area contributed by atoms with Crippen LogP contribution in [0.3, 0.4) is 0 Å². The molecule has 1 aromatic heterocycles. The number of hydrogen-bond acceptors (Lipinski definition) is 4. The average Bonchev–Trinajstić information content (AvgIpc) is 2.84. The van der Waals surface area contributed by atoms with Gasteiger partial charge in [0.2, 0.25) is 0 Å². The minimum Gasteiger partial charge on any atom is -0.497 e. The summed E-state index contributed by atoms with van der Waals surface area (Å²) >= 11 is 5.15. The fraction of sp³-hybridized carbons (Fsp3) is 0.188. The Morgan fingerprint density at radius 2 is 1.86 bits per heavy atom. The molecule has 3 rings (SSSR count). The van der Waals surface area contributed by atoms with E-state index >= 15 is 0 Å². The Kier molecular flexibility index (Phi) is 3.87. The van der Waals surface area contributed by atoms with Crippen LogP contribution in [0.15, 0.2) is 34.8 Å². The highest BCUT2D eigenvalue weighted by Crippen LogP contribution is 2.33. The Morgan fingerprint density at radius 3 is 2.52 bits per heavy atom. The number of thiazole rings is 1. The standard InChI is InChI=1S/C16H15BrN2OS/c1-9-6-11(17)7-10(2)15(9)19-16-18-13-5-4-12(20-3)8-14(13)21-16/h4-8H,1-3H3,(H,18,19). The van der Waals surface area contributed by atoms with E-state index < -0.39 is 0 Å². The van der Waals surface area contributed by atoms with Gasteiger partial charge in [-0.2, -0.15) is 0 Å². The van der Waals surface area contributed by atoms with Crippen molar-refractivity contribution in [3.8, 4) is 5.75 Å². The molecule has 0 saturated carbocycles. The molecule has 5 heteroatoms. The van der Waals surface area contributed by atoms with Gasteiger partial charge >= 0.3 is 0 Å². The number of methoxy groups -OCH3 is 1. The number of halogens is 1. The van der Waals surface area contributed by atoms with Crippen LogP contribution < -0.4 is 10.1 Å². The Balaban J connectivity index is 1.98. The Labute approximate surface area is 136 Å². The van der Waals surface area contributed by atoms with Gasteiger partial charge in [-0.05, 0) is 55.3 Å². The van der Waals surface area contributed by atoms with Crippen molar-refractivity contribution in [3.63, 3.8) is 0 Å². The van der Waals surface area contributed by atoms with Crippen LogP contribution in [0.2, 0.25) is 0 Å². The summed E-state index contributed by atoms with van der Waals surface area (Å²) in [4.78, 5) is 4.63. The van der Waals surface area contributed by atoms with Crippen LogP contribution in [0, 0.1) is 13.8 Å². The van der Waals surface area contributed by atoms with Crippen LogP contribution in [-0.4, -0.2) is 12.1 Å². The molecule has 0 atom stereocenters. The summed E-state index contributed by atoms with van der Waals surface area (Å²) in [5, 5.41) is 4.34. The number of aryl methyl sites for hydroxylation is 2. The quantitative estimate of drug-likeness (QED) is 0.674. The molecule has 2 aromatic carbocycles. The number of fused-ring (bicyclic) bond motifs is 1. The van der Waals surface area contributed by atoms with Gasteiger partial charge in [0.15, 0.2) is 5.13 Å². The van der Waals surface area contributed by atoms with Crippen LogP contribution in [-0.2, 0) is 0 Å². The lowest BCUT2D eigenvalue weighted by Gasteiger charge is -2.11. The molecule has 0 amide bonds. The molecule has 0 radical (unpaired) electrons. The summed E-state index contributed by atoms with van der Waals surface area (Å²) in [5.74, 6) is 0.855. The van der Waals surface area contributed by atoms with E-state index in [1.54, 1.807) is 18.4 Å². The molecular weight excluding hydrogens is 348 g/mol. The molecule has 0 bridgehead atoms. The van der Waals surface area contributed by atoms with Gasteiger partial charge in [-0.15, -0.1) is 0 Å². The summed E-state index contributed by atoms with van der Waals surface area (Å²) in [6.45, 7) is 4.19. The third-order valence-electron chi connectivity index (χ3n) is 3.33. The Morgan fingerprint density at radius 1 is 1.14 bits per heavy atom. The largest absolute Gasteiger partial charge is 0.497 e. The monoisotopic (exact) mass is 362 g/mol. The van der Waals surface area contributed by atoms with Crippen LogP contribution in [0.1, 0.15) is 11.1 Å². The Bertz CT molecular complexity index is 790. The zero-order valence-corrected chi connectivity index (χ0v) is 14.4. The minimum absolute atomic E-state index is 0.855. The first-order chi connectivity index (χ1) is 10.1. The lowest BCUT2D eigenvalue weighted by atomic mass is 10.1. The predicted molar refractivity (Wildman–Crippen MR) is 93.1 cm³/mol. The molecule has 0 fully saturated rings. The molecule has 3 aromatic rings. The molecule has 0 aliphatic heterocycles. The normalized spacial score (nSPS) is 10.9. The molecule has 0 aliphatic rings. The summed E-state index contributed by atoms with van der Waals surface area (Å²) in [7, 11) is 1.68. The van der Waals surface area contributed by atoms with E-state index in [2.05, 4.69) is 52.2 Å². The average molecular weight is 363 g/mol. The summed E-state index contributed by atoms with van der Waals surface area (Å²) in [5.41, 5.74) is 4.48. The van der Waals surface area contributed by atoms with Gasteiger partial charge in [-0.25, -0.2) is 4.98 Å². The van der Waals surface area contributed by atoms with E-state index in [-0.39, 0.29) is 0 Å². The van der Waals surface area contributed by atoms with Crippen LogP contribution in [0.25, 0.3) is 10.2 Å². The lowest BCUT2D eigenvalue weighted by molar-refractivity contribution is 0.415. The van der Waals surface area contributed by atoms with Crippen molar-refractivity contribution in [1.82, 2.24) is 4.98 Å². The van der Waals surface area contributed by atoms with Crippen molar-refractivity contribution in [1.29, 1.82) is 0 Å². The summed E-state index contributed by atoms with van der Waals surface area (Å²) < 4.78 is 7.46. The van der Waals surface area contributed by atoms with E-state index in [4.69, 9.17) is 4.74 Å². The number of nitrogens with zero attached hydrogens (tertiary/aromatic N) is 1. The molecule has 108 valence electrons.